The van der Waals surface area contributed by atoms with Gasteiger partial charge in [0, 0.05) is 13.1 Å². The van der Waals surface area contributed by atoms with Crippen LogP contribution in [0.1, 0.15) is 24.0 Å². The summed E-state index contributed by atoms with van der Waals surface area (Å²) < 4.78 is 38.2. The summed E-state index contributed by atoms with van der Waals surface area (Å²) in [5.74, 6) is 0.892. The number of benzene rings is 2. The van der Waals surface area contributed by atoms with Crippen LogP contribution in [0.2, 0.25) is 0 Å². The van der Waals surface area contributed by atoms with Crippen molar-refractivity contribution in [1.29, 1.82) is 0 Å². The van der Waals surface area contributed by atoms with Gasteiger partial charge in [-0.25, -0.2) is 8.42 Å². The molecule has 0 unspecified atom stereocenters. The van der Waals surface area contributed by atoms with Gasteiger partial charge in [0.2, 0.25) is 15.9 Å². The molecule has 0 aromatic heterocycles. The Balaban J connectivity index is 1.53. The number of sulfonamides is 1. The van der Waals surface area contributed by atoms with Crippen molar-refractivity contribution in [3.63, 3.8) is 0 Å². The highest BCUT2D eigenvalue weighted by Gasteiger charge is 2.33. The van der Waals surface area contributed by atoms with Crippen molar-refractivity contribution in [3.8, 4) is 11.5 Å². The van der Waals surface area contributed by atoms with Crippen molar-refractivity contribution >= 4 is 15.9 Å². The maximum Gasteiger partial charge on any atom is 0.243 e. The minimum Gasteiger partial charge on any atom is -0.497 e. The highest BCUT2D eigenvalue weighted by Crippen LogP contribution is 2.25. The Bertz CT molecular complexity index is 1010. The molecule has 1 saturated heterocycles. The Kier molecular flexibility index (Phi) is 7.56. The number of nitrogens with one attached hydrogen (secondary N) is 1. The molecule has 8 heteroatoms. The minimum atomic E-state index is -3.65. The number of carbonyl (C=O) groups excluding carboxylic acids is 1. The van der Waals surface area contributed by atoms with Gasteiger partial charge in [-0.3, -0.25) is 4.79 Å². The molecule has 1 N–H and O–H groups in total. The number of carbonyl (C=O) groups is 1. The summed E-state index contributed by atoms with van der Waals surface area (Å²) in [7, 11) is -2.12. The van der Waals surface area contributed by atoms with E-state index in [-0.39, 0.29) is 23.3 Å². The topological polar surface area (TPSA) is 84.9 Å². The SMILES string of the molecule is COc1ccc(S(=O)(=O)N2CCC[C@H](C(=O)NCCOc3cccc(C)c3C)C2)cc1. The van der Waals surface area contributed by atoms with Gasteiger partial charge >= 0.3 is 0 Å². The van der Waals surface area contributed by atoms with E-state index in [4.69, 9.17) is 9.47 Å². The highest BCUT2D eigenvalue weighted by molar-refractivity contribution is 7.89. The molecule has 168 valence electrons. The number of aryl methyl sites for hydroxylation is 1. The van der Waals surface area contributed by atoms with Crippen molar-refractivity contribution in [2.24, 2.45) is 5.92 Å². The third kappa shape index (κ3) is 5.57. The van der Waals surface area contributed by atoms with E-state index in [0.717, 1.165) is 16.9 Å². The molecule has 1 fully saturated rings. The van der Waals surface area contributed by atoms with Crippen molar-refractivity contribution in [3.05, 3.63) is 53.6 Å². The molecule has 2 aromatic rings. The predicted molar refractivity (Wildman–Crippen MR) is 119 cm³/mol. The molecule has 0 bridgehead atoms. The van der Waals surface area contributed by atoms with Crippen molar-refractivity contribution < 1.29 is 22.7 Å². The molecule has 2 aromatic carbocycles. The molecule has 0 radical (unpaired) electrons. The molecule has 1 atom stereocenters. The Morgan fingerprint density at radius 1 is 1.16 bits per heavy atom. The number of rotatable bonds is 8. The molecule has 31 heavy (non-hydrogen) atoms. The van der Waals surface area contributed by atoms with E-state index in [1.165, 1.54) is 23.5 Å². The zero-order chi connectivity index (χ0) is 22.4. The average molecular weight is 447 g/mol. The Labute approximate surface area is 184 Å². The normalized spacial score (nSPS) is 17.2. The Morgan fingerprint density at radius 2 is 1.90 bits per heavy atom. The number of piperidine rings is 1. The van der Waals surface area contributed by atoms with Crippen LogP contribution in [0.15, 0.2) is 47.4 Å². The lowest BCUT2D eigenvalue weighted by Crippen LogP contribution is -2.45. The fourth-order valence-electron chi connectivity index (χ4n) is 3.63. The quantitative estimate of drug-likeness (QED) is 0.631. The fraction of sp³-hybridized carbons (Fsp3) is 0.435. The second-order valence-corrected chi connectivity index (χ2v) is 9.65. The lowest BCUT2D eigenvalue weighted by atomic mass is 9.99. The summed E-state index contributed by atoms with van der Waals surface area (Å²) in [6.45, 7) is 5.35. The number of methoxy groups -OCH3 is 1. The first-order chi connectivity index (χ1) is 14.8. The van der Waals surface area contributed by atoms with E-state index in [9.17, 15) is 13.2 Å². The molecule has 0 aliphatic carbocycles. The van der Waals surface area contributed by atoms with Crippen LogP contribution in [-0.4, -0.2) is 52.0 Å². The molecule has 7 nitrogen and oxygen atoms in total. The number of nitrogens with zero attached hydrogens (tertiary/aromatic N) is 1. The van der Waals surface area contributed by atoms with Crippen LogP contribution >= 0.6 is 0 Å². The number of hydrogen-bond donors (Lipinski definition) is 1. The number of hydrogen-bond acceptors (Lipinski definition) is 5. The molecule has 3 rings (SSSR count). The van der Waals surface area contributed by atoms with Crippen molar-refractivity contribution in [2.75, 3.05) is 33.4 Å². The van der Waals surface area contributed by atoms with Gasteiger partial charge in [-0.05, 0) is 68.1 Å². The monoisotopic (exact) mass is 446 g/mol. The van der Waals surface area contributed by atoms with Crippen LogP contribution in [0.5, 0.6) is 11.5 Å². The molecule has 1 aliphatic heterocycles. The molecule has 1 heterocycles. The predicted octanol–water partition coefficient (Wildman–Crippen LogP) is 2.91. The highest BCUT2D eigenvalue weighted by atomic mass is 32.2. The van der Waals surface area contributed by atoms with Crippen LogP contribution in [0.4, 0.5) is 0 Å². The van der Waals surface area contributed by atoms with Gasteiger partial charge in [0.15, 0.2) is 0 Å². The van der Waals surface area contributed by atoms with E-state index in [2.05, 4.69) is 5.32 Å². The van der Waals surface area contributed by atoms with Gasteiger partial charge in [-0.1, -0.05) is 12.1 Å². The second kappa shape index (κ2) is 10.2. The molecular weight excluding hydrogens is 416 g/mol. The lowest BCUT2D eigenvalue weighted by Gasteiger charge is -2.31. The maximum atomic E-state index is 13.0. The second-order valence-electron chi connectivity index (χ2n) is 7.72. The first kappa shape index (κ1) is 23.1. The van der Waals surface area contributed by atoms with Gasteiger partial charge in [0.25, 0.3) is 0 Å². The van der Waals surface area contributed by atoms with Crippen LogP contribution in [0.25, 0.3) is 0 Å². The zero-order valence-corrected chi connectivity index (χ0v) is 19.1. The Hall–Kier alpha value is -2.58. The fourth-order valence-corrected chi connectivity index (χ4v) is 5.16. The summed E-state index contributed by atoms with van der Waals surface area (Å²) in [6, 6.07) is 12.2. The smallest absolute Gasteiger partial charge is 0.243 e. The lowest BCUT2D eigenvalue weighted by molar-refractivity contribution is -0.126. The van der Waals surface area contributed by atoms with Crippen molar-refractivity contribution in [1.82, 2.24) is 9.62 Å². The Morgan fingerprint density at radius 3 is 2.61 bits per heavy atom. The van der Waals surface area contributed by atoms with E-state index in [1.807, 2.05) is 32.0 Å². The van der Waals surface area contributed by atoms with Gasteiger partial charge in [-0.2, -0.15) is 4.31 Å². The van der Waals surface area contributed by atoms with E-state index in [1.54, 1.807) is 12.1 Å². The van der Waals surface area contributed by atoms with E-state index >= 15 is 0 Å². The molecule has 0 saturated carbocycles. The standard InChI is InChI=1S/C23H30N2O5S/c1-17-6-4-8-22(18(17)2)30-15-13-24-23(26)19-7-5-14-25(16-19)31(27,28)21-11-9-20(29-3)10-12-21/h4,6,8-12,19H,5,7,13-16H2,1-3H3,(H,24,26)/t19-/m0/s1. The minimum absolute atomic E-state index is 0.140. The van der Waals surface area contributed by atoms with Crippen LogP contribution in [-0.2, 0) is 14.8 Å². The van der Waals surface area contributed by atoms with Crippen molar-refractivity contribution in [2.45, 2.75) is 31.6 Å². The summed E-state index contributed by atoms with van der Waals surface area (Å²) in [6.07, 6.45) is 1.31. The van der Waals surface area contributed by atoms with Gasteiger partial charge in [0.05, 0.1) is 24.5 Å². The van der Waals surface area contributed by atoms with Crippen LogP contribution in [0, 0.1) is 19.8 Å². The largest absolute Gasteiger partial charge is 0.497 e. The first-order valence-electron chi connectivity index (χ1n) is 10.4. The average Bonchev–Trinajstić information content (AvgIpc) is 2.79. The first-order valence-corrected chi connectivity index (χ1v) is 11.9. The summed E-state index contributed by atoms with van der Waals surface area (Å²) >= 11 is 0. The molecule has 0 spiro atoms. The van der Waals surface area contributed by atoms with Crippen LogP contribution in [0.3, 0.4) is 0 Å². The maximum absolute atomic E-state index is 13.0. The summed E-state index contributed by atoms with van der Waals surface area (Å²) in [5, 5.41) is 2.88. The summed E-state index contributed by atoms with van der Waals surface area (Å²) in [4.78, 5) is 12.8. The zero-order valence-electron chi connectivity index (χ0n) is 18.3. The molecule has 1 amide bonds. The summed E-state index contributed by atoms with van der Waals surface area (Å²) in [5.41, 5.74) is 2.24. The van der Waals surface area contributed by atoms with Gasteiger partial charge < -0.3 is 14.8 Å². The molecule has 1 aliphatic rings. The van der Waals surface area contributed by atoms with E-state index in [0.29, 0.717) is 38.3 Å². The van der Waals surface area contributed by atoms with Gasteiger partial charge in [-0.15, -0.1) is 0 Å². The molecular formula is C23H30N2O5S. The number of ether oxygens (including phenoxy) is 2. The van der Waals surface area contributed by atoms with E-state index < -0.39 is 10.0 Å². The van der Waals surface area contributed by atoms with Gasteiger partial charge in [0.1, 0.15) is 18.1 Å². The van der Waals surface area contributed by atoms with Crippen LogP contribution < -0.4 is 14.8 Å². The third-order valence-corrected chi connectivity index (χ3v) is 7.55. The number of amides is 1. The third-order valence-electron chi connectivity index (χ3n) is 5.67.